The normalized spacial score (nSPS) is 10.1. The Kier molecular flexibility index (Phi) is 6.76. The van der Waals surface area contributed by atoms with Gasteiger partial charge >= 0.3 is 5.97 Å². The van der Waals surface area contributed by atoms with Gasteiger partial charge in [-0.3, -0.25) is 9.59 Å². The number of carbonyl (C=O) groups is 3. The predicted octanol–water partition coefficient (Wildman–Crippen LogP) is 2.61. The molecule has 0 saturated heterocycles. The van der Waals surface area contributed by atoms with Gasteiger partial charge in [0.25, 0.3) is 11.8 Å². The molecule has 2 amide bonds. The van der Waals surface area contributed by atoms with Gasteiger partial charge in [-0.25, -0.2) is 4.79 Å². The van der Waals surface area contributed by atoms with Gasteiger partial charge in [-0.1, -0.05) is 13.3 Å². The Morgan fingerprint density at radius 1 is 1.12 bits per heavy atom. The summed E-state index contributed by atoms with van der Waals surface area (Å²) < 4.78 is 9.94. The van der Waals surface area contributed by atoms with Gasteiger partial charge in [0, 0.05) is 12.2 Å². The van der Waals surface area contributed by atoms with Crippen LogP contribution in [-0.4, -0.2) is 30.9 Å². The van der Waals surface area contributed by atoms with Gasteiger partial charge in [0.1, 0.15) is 0 Å². The van der Waals surface area contributed by atoms with Crippen LogP contribution in [0.2, 0.25) is 0 Å². The number of hydrogen-bond donors (Lipinski definition) is 2. The SMILES string of the molecule is CCCCNC(=O)COC(=O)c1ccc(NC(=O)c2ccco2)cc1. The fourth-order valence-corrected chi connectivity index (χ4v) is 1.96. The van der Waals surface area contributed by atoms with Crippen LogP contribution < -0.4 is 10.6 Å². The number of esters is 1. The highest BCUT2D eigenvalue weighted by molar-refractivity contribution is 6.02. The van der Waals surface area contributed by atoms with Crippen molar-refractivity contribution in [1.29, 1.82) is 0 Å². The highest BCUT2D eigenvalue weighted by Crippen LogP contribution is 2.12. The quantitative estimate of drug-likeness (QED) is 0.567. The van der Waals surface area contributed by atoms with Crippen molar-refractivity contribution >= 4 is 23.5 Å². The summed E-state index contributed by atoms with van der Waals surface area (Å²) in [6.07, 6.45) is 3.26. The molecular formula is C18H20N2O5. The lowest BCUT2D eigenvalue weighted by atomic mass is 10.2. The van der Waals surface area contributed by atoms with Crippen LogP contribution >= 0.6 is 0 Å². The molecule has 1 aromatic carbocycles. The molecule has 0 aliphatic heterocycles. The third-order valence-electron chi connectivity index (χ3n) is 3.31. The van der Waals surface area contributed by atoms with E-state index < -0.39 is 5.97 Å². The summed E-state index contributed by atoms with van der Waals surface area (Å²) in [4.78, 5) is 35.2. The summed E-state index contributed by atoms with van der Waals surface area (Å²) in [7, 11) is 0. The Balaban J connectivity index is 1.81. The number of furan rings is 1. The van der Waals surface area contributed by atoms with E-state index in [1.807, 2.05) is 6.92 Å². The highest BCUT2D eigenvalue weighted by Gasteiger charge is 2.12. The molecule has 0 aliphatic rings. The van der Waals surface area contributed by atoms with E-state index in [4.69, 9.17) is 9.15 Å². The first-order valence-corrected chi connectivity index (χ1v) is 7.99. The van der Waals surface area contributed by atoms with Crippen LogP contribution in [0.3, 0.4) is 0 Å². The molecule has 2 aromatic rings. The van der Waals surface area contributed by atoms with E-state index >= 15 is 0 Å². The molecule has 0 saturated carbocycles. The fraction of sp³-hybridized carbons (Fsp3) is 0.278. The van der Waals surface area contributed by atoms with E-state index in [1.165, 1.54) is 18.4 Å². The molecule has 0 atom stereocenters. The molecule has 7 nitrogen and oxygen atoms in total. The van der Waals surface area contributed by atoms with Crippen molar-refractivity contribution in [2.75, 3.05) is 18.5 Å². The Labute approximate surface area is 145 Å². The van der Waals surface area contributed by atoms with Crippen molar-refractivity contribution in [3.8, 4) is 0 Å². The summed E-state index contributed by atoms with van der Waals surface area (Å²) in [5.41, 5.74) is 0.799. The predicted molar refractivity (Wildman–Crippen MR) is 91.3 cm³/mol. The number of amides is 2. The molecule has 2 N–H and O–H groups in total. The van der Waals surface area contributed by atoms with E-state index in [0.717, 1.165) is 12.8 Å². The van der Waals surface area contributed by atoms with Crippen LogP contribution in [0.25, 0.3) is 0 Å². The van der Waals surface area contributed by atoms with E-state index in [1.54, 1.807) is 24.3 Å². The number of ether oxygens (including phenoxy) is 1. The van der Waals surface area contributed by atoms with Crippen LogP contribution in [0, 0.1) is 0 Å². The number of carbonyl (C=O) groups excluding carboxylic acids is 3. The molecule has 1 aromatic heterocycles. The largest absolute Gasteiger partial charge is 0.459 e. The van der Waals surface area contributed by atoms with Crippen LogP contribution in [0.5, 0.6) is 0 Å². The van der Waals surface area contributed by atoms with Crippen LogP contribution in [0.1, 0.15) is 40.7 Å². The van der Waals surface area contributed by atoms with E-state index in [-0.39, 0.29) is 29.7 Å². The molecule has 0 fully saturated rings. The molecule has 132 valence electrons. The standard InChI is InChI=1S/C18H20N2O5/c1-2-3-10-19-16(21)12-25-18(23)13-6-8-14(9-7-13)20-17(22)15-5-4-11-24-15/h4-9,11H,2-3,10,12H2,1H3,(H,19,21)(H,20,22). The highest BCUT2D eigenvalue weighted by atomic mass is 16.5. The maximum Gasteiger partial charge on any atom is 0.338 e. The second-order valence-corrected chi connectivity index (χ2v) is 5.29. The molecule has 7 heteroatoms. The molecule has 0 radical (unpaired) electrons. The number of anilines is 1. The zero-order valence-electron chi connectivity index (χ0n) is 13.9. The van der Waals surface area contributed by atoms with Crippen molar-refractivity contribution < 1.29 is 23.5 Å². The lowest BCUT2D eigenvalue weighted by Gasteiger charge is -2.07. The second kappa shape index (κ2) is 9.27. The molecule has 0 aliphatic carbocycles. The van der Waals surface area contributed by atoms with Crippen LogP contribution in [0.4, 0.5) is 5.69 Å². The number of rotatable bonds is 8. The Bertz CT molecular complexity index is 708. The number of nitrogens with one attached hydrogen (secondary N) is 2. The van der Waals surface area contributed by atoms with Crippen molar-refractivity contribution in [1.82, 2.24) is 5.32 Å². The summed E-state index contributed by atoms with van der Waals surface area (Å²) in [5, 5.41) is 5.30. The third-order valence-corrected chi connectivity index (χ3v) is 3.31. The minimum Gasteiger partial charge on any atom is -0.459 e. The number of unbranched alkanes of at least 4 members (excludes halogenated alkanes) is 1. The lowest BCUT2D eigenvalue weighted by molar-refractivity contribution is -0.124. The van der Waals surface area contributed by atoms with E-state index in [0.29, 0.717) is 12.2 Å². The van der Waals surface area contributed by atoms with E-state index in [9.17, 15) is 14.4 Å². The minimum atomic E-state index is -0.602. The van der Waals surface area contributed by atoms with Crippen molar-refractivity contribution in [2.24, 2.45) is 0 Å². The number of hydrogen-bond acceptors (Lipinski definition) is 5. The molecule has 25 heavy (non-hydrogen) atoms. The van der Waals surface area contributed by atoms with Gasteiger partial charge < -0.3 is 19.8 Å². The first kappa shape index (κ1) is 18.3. The Morgan fingerprint density at radius 3 is 2.52 bits per heavy atom. The van der Waals surface area contributed by atoms with Crippen LogP contribution in [-0.2, 0) is 9.53 Å². The fourth-order valence-electron chi connectivity index (χ4n) is 1.96. The Hall–Kier alpha value is -3.09. The maximum atomic E-state index is 11.9. The first-order chi connectivity index (χ1) is 12.1. The van der Waals surface area contributed by atoms with Gasteiger partial charge in [0.05, 0.1) is 11.8 Å². The zero-order valence-corrected chi connectivity index (χ0v) is 13.9. The Morgan fingerprint density at radius 2 is 1.88 bits per heavy atom. The van der Waals surface area contributed by atoms with Crippen molar-refractivity contribution in [3.05, 3.63) is 54.0 Å². The lowest BCUT2D eigenvalue weighted by Crippen LogP contribution is -2.29. The third kappa shape index (κ3) is 5.80. The van der Waals surface area contributed by atoms with E-state index in [2.05, 4.69) is 10.6 Å². The van der Waals surface area contributed by atoms with Gasteiger partial charge in [-0.15, -0.1) is 0 Å². The van der Waals surface area contributed by atoms with Crippen LogP contribution in [0.15, 0.2) is 47.1 Å². The molecule has 2 rings (SSSR count). The number of benzene rings is 1. The second-order valence-electron chi connectivity index (χ2n) is 5.29. The topological polar surface area (TPSA) is 97.6 Å². The van der Waals surface area contributed by atoms with Crippen molar-refractivity contribution in [2.45, 2.75) is 19.8 Å². The average molecular weight is 344 g/mol. The monoisotopic (exact) mass is 344 g/mol. The zero-order chi connectivity index (χ0) is 18.1. The molecule has 1 heterocycles. The first-order valence-electron chi connectivity index (χ1n) is 7.99. The summed E-state index contributed by atoms with van der Waals surface area (Å²) in [6, 6.07) is 9.32. The molecule has 0 spiro atoms. The summed E-state index contributed by atoms with van der Waals surface area (Å²) in [5.74, 6) is -1.12. The molecule has 0 unspecified atom stereocenters. The van der Waals surface area contributed by atoms with Gasteiger partial charge in [-0.2, -0.15) is 0 Å². The van der Waals surface area contributed by atoms with Gasteiger partial charge in [0.2, 0.25) is 0 Å². The average Bonchev–Trinajstić information content (AvgIpc) is 3.15. The molecular weight excluding hydrogens is 324 g/mol. The summed E-state index contributed by atoms with van der Waals surface area (Å²) in [6.45, 7) is 2.27. The maximum absolute atomic E-state index is 11.9. The molecule has 0 bridgehead atoms. The smallest absolute Gasteiger partial charge is 0.338 e. The van der Waals surface area contributed by atoms with Gasteiger partial charge in [-0.05, 0) is 42.8 Å². The minimum absolute atomic E-state index is 0.192. The summed E-state index contributed by atoms with van der Waals surface area (Å²) >= 11 is 0. The van der Waals surface area contributed by atoms with Gasteiger partial charge in [0.15, 0.2) is 12.4 Å². The van der Waals surface area contributed by atoms with Crippen molar-refractivity contribution in [3.63, 3.8) is 0 Å².